The first-order valence-corrected chi connectivity index (χ1v) is 20.7. The number of aliphatic imine (C=N–C) groups is 1. The SMILES string of the molecule is CC[C@H]1OC(=O)[C@H](C)C(=O)[C@H](C)[C@@H](O[C@H]2O[C@H](C)C[C@H](N(C)C)[C@H]2O)[C@@]2(C)C[C@@H](C)C(=NC(C)=O)[C@H](C)[C@@H](OCC(NOCc3ccc4nc(N)[nH]c4c3)CO2)[C@]1(C)O. The number of ketones is 1. The Morgan fingerprint density at radius 1 is 1.14 bits per heavy atom. The number of nitrogens with one attached hydrogen (secondary N) is 2. The van der Waals surface area contributed by atoms with E-state index in [9.17, 15) is 24.6 Å². The van der Waals surface area contributed by atoms with Gasteiger partial charge in [0.1, 0.15) is 23.7 Å². The summed E-state index contributed by atoms with van der Waals surface area (Å²) in [5, 5.41) is 24.1. The van der Waals surface area contributed by atoms with E-state index in [1.165, 1.54) is 20.8 Å². The molecule has 2 aromatic rings. The van der Waals surface area contributed by atoms with Crippen molar-refractivity contribution in [3.8, 4) is 0 Å². The number of benzene rings is 1. The molecule has 330 valence electrons. The number of rotatable bonds is 8. The monoisotopic (exact) mass is 830 g/mol. The van der Waals surface area contributed by atoms with E-state index in [2.05, 4.69) is 20.4 Å². The Hall–Kier alpha value is -3.39. The minimum Gasteiger partial charge on any atom is -0.459 e. The summed E-state index contributed by atoms with van der Waals surface area (Å²) in [5.74, 6) is -4.93. The third kappa shape index (κ3) is 10.6. The number of H-pyrrole nitrogens is 1. The van der Waals surface area contributed by atoms with Crippen LogP contribution in [-0.2, 0) is 49.5 Å². The van der Waals surface area contributed by atoms with Gasteiger partial charge in [-0.2, -0.15) is 5.48 Å². The van der Waals surface area contributed by atoms with Crippen molar-refractivity contribution in [2.24, 2.45) is 28.7 Å². The second kappa shape index (κ2) is 19.1. The maximum absolute atomic E-state index is 14.5. The number of nitrogen functional groups attached to an aromatic ring is 1. The molecule has 59 heavy (non-hydrogen) atoms. The molecular formula is C42H66N6O11. The molecular weight excluding hydrogens is 764 g/mol. The number of aliphatic hydroxyl groups is 2. The van der Waals surface area contributed by atoms with Crippen molar-refractivity contribution >= 4 is 40.4 Å². The second-order valence-corrected chi connectivity index (χ2v) is 17.5. The van der Waals surface area contributed by atoms with E-state index in [4.69, 9.17) is 34.3 Å². The van der Waals surface area contributed by atoms with Crippen LogP contribution in [-0.4, -0.2) is 136 Å². The number of aromatic nitrogens is 2. The zero-order chi connectivity index (χ0) is 43.6. The summed E-state index contributed by atoms with van der Waals surface area (Å²) in [6.07, 6.45) is -4.98. The molecule has 0 aliphatic carbocycles. The van der Waals surface area contributed by atoms with E-state index in [1.807, 2.05) is 64.9 Å². The van der Waals surface area contributed by atoms with Crippen LogP contribution in [0.1, 0.15) is 87.1 Å². The number of imidazole rings is 1. The maximum Gasteiger partial charge on any atom is 0.316 e. The normalized spacial score (nSPS) is 38.8. The highest BCUT2D eigenvalue weighted by molar-refractivity contribution is 6.00. The fourth-order valence-corrected chi connectivity index (χ4v) is 9.11. The molecule has 17 heteroatoms. The van der Waals surface area contributed by atoms with Gasteiger partial charge in [-0.25, -0.2) is 9.98 Å². The van der Waals surface area contributed by atoms with Gasteiger partial charge in [0, 0.05) is 30.5 Å². The minimum absolute atomic E-state index is 0.0461. The summed E-state index contributed by atoms with van der Waals surface area (Å²) in [5.41, 5.74) is 8.47. The van der Waals surface area contributed by atoms with Gasteiger partial charge >= 0.3 is 5.97 Å². The number of esters is 1. The Bertz CT molecular complexity index is 1820. The van der Waals surface area contributed by atoms with Gasteiger partial charge in [-0.1, -0.05) is 33.8 Å². The van der Waals surface area contributed by atoms with Gasteiger partial charge in [0.2, 0.25) is 5.91 Å². The van der Waals surface area contributed by atoms with Crippen LogP contribution < -0.4 is 11.2 Å². The summed E-state index contributed by atoms with van der Waals surface area (Å²) < 4.78 is 32.6. The summed E-state index contributed by atoms with van der Waals surface area (Å²) in [6, 6.07) is 4.59. The standard InChI is InChI=1S/C42H66N6O11/c1-12-32-42(9,53)37-23(4)33(44-26(7)49)21(2)17-41(8,55-20-28(19-54-37)47-56-18-27-13-14-29-30(16-27)46-40(43)45-29)36(24(5)34(50)25(6)38(52)58-32)59-39-35(51)31(48(10)11)15-22(3)57-39/h13-14,16,21-25,28,31-32,35-37,39,47,51,53H,12,15,17-20H2,1-11H3,(H3,43,45,46)/t21-,22-,23+,24+,25-,28?,31+,32-,35-,36-,37-,39-,41-,42-/m1/s1. The largest absolute Gasteiger partial charge is 0.459 e. The van der Waals surface area contributed by atoms with E-state index in [0.717, 1.165) is 16.6 Å². The molecule has 0 saturated carbocycles. The third-order valence-corrected chi connectivity index (χ3v) is 12.3. The Labute approximate surface area is 347 Å². The number of nitrogens with zero attached hydrogens (tertiary/aromatic N) is 3. The summed E-state index contributed by atoms with van der Waals surface area (Å²) in [7, 11) is 3.74. The number of cyclic esters (lactones) is 1. The molecule has 3 saturated heterocycles. The number of aliphatic hydroxyl groups excluding tert-OH is 1. The zero-order valence-electron chi connectivity index (χ0n) is 36.4. The average molecular weight is 831 g/mol. The van der Waals surface area contributed by atoms with Gasteiger partial charge in [-0.05, 0) is 84.7 Å². The van der Waals surface area contributed by atoms with Gasteiger partial charge in [-0.15, -0.1) is 0 Å². The van der Waals surface area contributed by atoms with Crippen molar-refractivity contribution < 1.29 is 53.1 Å². The number of fused-ring (bicyclic) bond motifs is 6. The maximum atomic E-state index is 14.5. The number of amides is 1. The molecule has 4 heterocycles. The Kier molecular flexibility index (Phi) is 15.1. The highest BCUT2D eigenvalue weighted by Crippen LogP contribution is 2.40. The van der Waals surface area contributed by atoms with Crippen molar-refractivity contribution in [2.45, 2.75) is 148 Å². The molecule has 1 aromatic carbocycles. The van der Waals surface area contributed by atoms with Gasteiger partial charge in [0.15, 0.2) is 18.0 Å². The van der Waals surface area contributed by atoms with Gasteiger partial charge in [0.05, 0.1) is 60.8 Å². The predicted molar refractivity (Wildman–Crippen MR) is 219 cm³/mol. The quantitative estimate of drug-likeness (QED) is 0.146. The number of hydroxylamine groups is 1. The number of hydrogen-bond acceptors (Lipinski definition) is 15. The number of hydrogen-bond donors (Lipinski definition) is 5. The molecule has 1 unspecified atom stereocenters. The molecule has 2 bridgehead atoms. The van der Waals surface area contributed by atoms with Crippen molar-refractivity contribution in [3.63, 3.8) is 0 Å². The summed E-state index contributed by atoms with van der Waals surface area (Å²) in [4.78, 5) is 61.0. The summed E-state index contributed by atoms with van der Waals surface area (Å²) in [6.45, 7) is 15.2. The van der Waals surface area contributed by atoms with Gasteiger partial charge in [0.25, 0.3) is 0 Å². The second-order valence-electron chi connectivity index (χ2n) is 17.5. The zero-order valence-corrected chi connectivity index (χ0v) is 36.4. The first-order valence-electron chi connectivity index (χ1n) is 20.7. The molecule has 3 fully saturated rings. The Morgan fingerprint density at radius 2 is 1.85 bits per heavy atom. The lowest BCUT2D eigenvalue weighted by molar-refractivity contribution is -0.298. The van der Waals surface area contributed by atoms with E-state index < -0.39 is 89.3 Å². The van der Waals surface area contributed by atoms with Crippen LogP contribution in [0.25, 0.3) is 11.0 Å². The topological polar surface area (TPSA) is 229 Å². The molecule has 1 aromatic heterocycles. The number of aromatic amines is 1. The predicted octanol–water partition coefficient (Wildman–Crippen LogP) is 3.10. The van der Waals surface area contributed by atoms with E-state index >= 15 is 0 Å². The van der Waals surface area contributed by atoms with Crippen molar-refractivity contribution in [3.05, 3.63) is 23.8 Å². The van der Waals surface area contributed by atoms with E-state index in [1.54, 1.807) is 13.8 Å². The third-order valence-electron chi connectivity index (χ3n) is 12.3. The lowest BCUT2D eigenvalue weighted by atomic mass is 9.73. The molecule has 1 amide bonds. The first-order chi connectivity index (χ1) is 27.7. The Morgan fingerprint density at radius 3 is 2.51 bits per heavy atom. The fraction of sp³-hybridized carbons (Fsp3) is 0.738. The average Bonchev–Trinajstić information content (AvgIpc) is 3.54. The van der Waals surface area contributed by atoms with Crippen molar-refractivity contribution in [1.82, 2.24) is 20.3 Å². The molecule has 6 N–H and O–H groups in total. The molecule has 3 aliphatic rings. The highest BCUT2D eigenvalue weighted by atomic mass is 16.7. The van der Waals surface area contributed by atoms with E-state index in [0.29, 0.717) is 18.1 Å². The molecule has 3 aliphatic heterocycles. The number of carbonyl (C=O) groups is 3. The molecule has 5 rings (SSSR count). The van der Waals surface area contributed by atoms with Gasteiger partial charge in [-0.3, -0.25) is 19.2 Å². The number of Topliss-reactive ketones (excluding diaryl/α,β-unsaturated/α-hetero) is 1. The lowest BCUT2D eigenvalue weighted by Crippen LogP contribution is -2.60. The molecule has 0 spiro atoms. The number of likely N-dealkylation sites (N-methyl/N-ethyl adjacent to an activating group) is 1. The smallest absolute Gasteiger partial charge is 0.316 e. The van der Waals surface area contributed by atoms with Crippen LogP contribution in [0, 0.1) is 23.7 Å². The van der Waals surface area contributed by atoms with Crippen LogP contribution in [0.3, 0.4) is 0 Å². The van der Waals surface area contributed by atoms with Crippen LogP contribution in [0.2, 0.25) is 0 Å². The van der Waals surface area contributed by atoms with Crippen LogP contribution in [0.4, 0.5) is 5.95 Å². The van der Waals surface area contributed by atoms with Gasteiger partial charge < -0.3 is 49.5 Å². The van der Waals surface area contributed by atoms with E-state index in [-0.39, 0.29) is 44.8 Å². The lowest BCUT2D eigenvalue weighted by Gasteiger charge is -2.47. The number of anilines is 1. The van der Waals surface area contributed by atoms with Crippen molar-refractivity contribution in [2.75, 3.05) is 33.0 Å². The number of nitrogens with two attached hydrogens (primary N) is 1. The van der Waals surface area contributed by atoms with Crippen LogP contribution in [0.5, 0.6) is 0 Å². The van der Waals surface area contributed by atoms with Crippen LogP contribution in [0.15, 0.2) is 23.2 Å². The number of carbonyl (C=O) groups excluding carboxylic acids is 3. The van der Waals surface area contributed by atoms with Crippen molar-refractivity contribution in [1.29, 1.82) is 0 Å². The first kappa shape index (κ1) is 46.7. The van der Waals surface area contributed by atoms with Crippen LogP contribution >= 0.6 is 0 Å². The number of ether oxygens (including phenoxy) is 5. The molecule has 0 radical (unpaired) electrons. The summed E-state index contributed by atoms with van der Waals surface area (Å²) >= 11 is 0. The Balaban J connectivity index is 1.62. The fourth-order valence-electron chi connectivity index (χ4n) is 9.11. The highest BCUT2D eigenvalue weighted by Gasteiger charge is 2.53. The minimum atomic E-state index is -1.83. The molecule has 14 atom stereocenters. The molecule has 17 nitrogen and oxygen atoms in total.